The summed E-state index contributed by atoms with van der Waals surface area (Å²) in [6.45, 7) is 1.99. The third-order valence-electron chi connectivity index (χ3n) is 3.45. The van der Waals surface area contributed by atoms with Gasteiger partial charge in [0.1, 0.15) is 0 Å². The summed E-state index contributed by atoms with van der Waals surface area (Å²) in [4.78, 5) is 4.06. The number of thioether (sulfide) groups is 1. The molecule has 0 bridgehead atoms. The lowest BCUT2D eigenvalue weighted by molar-refractivity contribution is 0.882. The summed E-state index contributed by atoms with van der Waals surface area (Å²) in [7, 11) is 0. The van der Waals surface area contributed by atoms with Crippen LogP contribution in [0.1, 0.15) is 5.56 Å². The Bertz CT molecular complexity index is 862. The minimum Gasteiger partial charge on any atom is -0.270 e. The number of halogens is 2. The van der Waals surface area contributed by atoms with E-state index in [1.807, 2.05) is 47.9 Å². The highest BCUT2D eigenvalue weighted by molar-refractivity contribution is 7.99. The second-order valence-corrected chi connectivity index (χ2v) is 6.58. The summed E-state index contributed by atoms with van der Waals surface area (Å²) < 4.78 is 2.02. The molecule has 7 heteroatoms. The molecule has 1 aromatic carbocycles. The van der Waals surface area contributed by atoms with Crippen molar-refractivity contribution in [1.29, 1.82) is 0 Å². The van der Waals surface area contributed by atoms with Crippen LogP contribution < -0.4 is 0 Å². The minimum atomic E-state index is 0.706. The maximum Gasteiger partial charge on any atom is 0.196 e. The van der Waals surface area contributed by atoms with Crippen LogP contribution in [-0.4, -0.2) is 25.5 Å². The maximum absolute atomic E-state index is 6.31. The van der Waals surface area contributed by atoms with Crippen molar-refractivity contribution in [2.45, 2.75) is 12.1 Å². The predicted molar refractivity (Wildman–Crippen MR) is 100 cm³/mol. The predicted octanol–water partition coefficient (Wildman–Crippen LogP) is 5.14. The van der Waals surface area contributed by atoms with E-state index in [1.165, 1.54) is 5.54 Å². The van der Waals surface area contributed by atoms with Crippen molar-refractivity contribution in [3.63, 3.8) is 0 Å². The molecule has 3 aromatic rings. The highest BCUT2D eigenvalue weighted by Crippen LogP contribution is 2.31. The first kappa shape index (κ1) is 17.0. The number of rotatable bonds is 5. The van der Waals surface area contributed by atoms with Gasteiger partial charge in [0.25, 0.3) is 0 Å². The Morgan fingerprint density at radius 1 is 1.17 bits per heavy atom. The van der Waals surface area contributed by atoms with Crippen LogP contribution in [0.5, 0.6) is 0 Å². The van der Waals surface area contributed by atoms with E-state index in [2.05, 4.69) is 15.2 Å². The van der Waals surface area contributed by atoms with Gasteiger partial charge in [0.15, 0.2) is 11.0 Å². The van der Waals surface area contributed by atoms with Crippen molar-refractivity contribution < 1.29 is 0 Å². The van der Waals surface area contributed by atoms with Gasteiger partial charge in [0, 0.05) is 34.3 Å². The Balaban J connectivity index is 2.16. The number of hydrogen-bond acceptors (Lipinski definition) is 4. The van der Waals surface area contributed by atoms with Gasteiger partial charge in [0.2, 0.25) is 0 Å². The monoisotopic (exact) mass is 376 g/mol. The van der Waals surface area contributed by atoms with Crippen molar-refractivity contribution in [1.82, 2.24) is 19.7 Å². The van der Waals surface area contributed by atoms with E-state index >= 15 is 0 Å². The number of pyridine rings is 1. The van der Waals surface area contributed by atoms with Gasteiger partial charge in [-0.3, -0.25) is 9.55 Å². The molecule has 0 aliphatic rings. The second-order valence-electron chi connectivity index (χ2n) is 4.93. The van der Waals surface area contributed by atoms with Gasteiger partial charge in [-0.25, -0.2) is 0 Å². The molecule has 4 nitrogen and oxygen atoms in total. The molecule has 0 amide bonds. The summed E-state index contributed by atoms with van der Waals surface area (Å²) >= 11 is 13.5. The van der Waals surface area contributed by atoms with E-state index in [0.29, 0.717) is 10.8 Å². The zero-order chi connectivity index (χ0) is 16.9. The van der Waals surface area contributed by atoms with Crippen LogP contribution >= 0.6 is 35.0 Å². The summed E-state index contributed by atoms with van der Waals surface area (Å²) in [6.07, 6.45) is 5.34. The standard InChI is InChI=1S/C17H14Cl2N4S/c1-12-14(19)4-2-5-15(12)23-16(13-6-9-20-10-7-13)21-22-17(23)24-11-3-8-18/h2-10H,11H2,1H3/b8-3+. The highest BCUT2D eigenvalue weighted by Gasteiger charge is 2.17. The highest BCUT2D eigenvalue weighted by atomic mass is 35.5. The van der Waals surface area contributed by atoms with Crippen molar-refractivity contribution in [2.24, 2.45) is 0 Å². The van der Waals surface area contributed by atoms with Gasteiger partial charge in [-0.2, -0.15) is 0 Å². The molecular weight excluding hydrogens is 363 g/mol. The summed E-state index contributed by atoms with van der Waals surface area (Å²) in [5.41, 5.74) is 4.37. The minimum absolute atomic E-state index is 0.706. The van der Waals surface area contributed by atoms with Crippen LogP contribution in [0.2, 0.25) is 5.02 Å². The SMILES string of the molecule is Cc1c(Cl)cccc1-n1c(SC/C=C/Cl)nnc1-c1ccncc1. The van der Waals surface area contributed by atoms with E-state index < -0.39 is 0 Å². The molecule has 0 aliphatic heterocycles. The van der Waals surface area contributed by atoms with Crippen LogP contribution in [-0.2, 0) is 0 Å². The molecule has 2 aromatic heterocycles. The zero-order valence-corrected chi connectivity index (χ0v) is 15.2. The molecule has 0 N–H and O–H groups in total. The van der Waals surface area contributed by atoms with Gasteiger partial charge in [0.05, 0.1) is 5.69 Å². The van der Waals surface area contributed by atoms with Crippen molar-refractivity contribution in [3.8, 4) is 17.1 Å². The third kappa shape index (κ3) is 3.48. The fraction of sp³-hybridized carbons (Fsp3) is 0.118. The average molecular weight is 377 g/mol. The summed E-state index contributed by atoms with van der Waals surface area (Å²) in [6, 6.07) is 9.63. The molecule has 0 atom stereocenters. The molecule has 122 valence electrons. The second kappa shape index (κ2) is 7.83. The molecule has 0 spiro atoms. The smallest absolute Gasteiger partial charge is 0.196 e. The Morgan fingerprint density at radius 2 is 1.96 bits per heavy atom. The number of aromatic nitrogens is 4. The van der Waals surface area contributed by atoms with E-state index in [4.69, 9.17) is 23.2 Å². The molecule has 0 fully saturated rings. The summed E-state index contributed by atoms with van der Waals surface area (Å²) in [5.74, 6) is 1.46. The fourth-order valence-corrected chi connectivity index (χ4v) is 3.38. The first-order valence-corrected chi connectivity index (χ1v) is 9.01. The quantitative estimate of drug-likeness (QED) is 0.578. The Hall–Kier alpha value is -1.82. The lowest BCUT2D eigenvalue weighted by Gasteiger charge is -2.13. The van der Waals surface area contributed by atoms with Crippen LogP contribution in [0.25, 0.3) is 17.1 Å². The lowest BCUT2D eigenvalue weighted by Crippen LogP contribution is -2.02. The molecule has 0 saturated carbocycles. The molecule has 0 unspecified atom stereocenters. The van der Waals surface area contributed by atoms with Crippen LogP contribution in [0, 0.1) is 6.92 Å². The van der Waals surface area contributed by atoms with E-state index in [9.17, 15) is 0 Å². The molecule has 0 aliphatic carbocycles. The molecule has 3 rings (SSSR count). The van der Waals surface area contributed by atoms with Crippen molar-refractivity contribution in [2.75, 3.05) is 5.75 Å². The number of nitrogens with zero attached hydrogens (tertiary/aromatic N) is 4. The largest absolute Gasteiger partial charge is 0.270 e. The Morgan fingerprint density at radius 3 is 2.71 bits per heavy atom. The third-order valence-corrected chi connectivity index (χ3v) is 4.92. The molecule has 2 heterocycles. The topological polar surface area (TPSA) is 43.6 Å². The number of benzene rings is 1. The van der Waals surface area contributed by atoms with E-state index in [0.717, 1.165) is 27.8 Å². The van der Waals surface area contributed by atoms with Crippen LogP contribution in [0.4, 0.5) is 0 Å². The first-order valence-electron chi connectivity index (χ1n) is 7.21. The van der Waals surface area contributed by atoms with Gasteiger partial charge in [-0.05, 0) is 36.8 Å². The normalized spacial score (nSPS) is 11.3. The summed E-state index contributed by atoms with van der Waals surface area (Å²) in [5, 5.41) is 10.2. The maximum atomic E-state index is 6.31. The average Bonchev–Trinajstić information content (AvgIpc) is 3.02. The zero-order valence-electron chi connectivity index (χ0n) is 12.9. The van der Waals surface area contributed by atoms with Crippen LogP contribution in [0.15, 0.2) is 59.5 Å². The fourth-order valence-electron chi connectivity index (χ4n) is 2.27. The molecule has 24 heavy (non-hydrogen) atoms. The van der Waals surface area contributed by atoms with E-state index in [1.54, 1.807) is 24.2 Å². The van der Waals surface area contributed by atoms with Crippen molar-refractivity contribution in [3.05, 3.63) is 64.9 Å². The van der Waals surface area contributed by atoms with Gasteiger partial charge < -0.3 is 0 Å². The van der Waals surface area contributed by atoms with Gasteiger partial charge in [-0.15, -0.1) is 10.2 Å². The van der Waals surface area contributed by atoms with Gasteiger partial charge >= 0.3 is 0 Å². The molecular formula is C17H14Cl2N4S. The molecule has 0 radical (unpaired) electrons. The van der Waals surface area contributed by atoms with Crippen LogP contribution in [0.3, 0.4) is 0 Å². The first-order chi connectivity index (χ1) is 11.7. The lowest BCUT2D eigenvalue weighted by atomic mass is 10.2. The van der Waals surface area contributed by atoms with Gasteiger partial charge in [-0.1, -0.05) is 47.1 Å². The Kier molecular flexibility index (Phi) is 5.56. The van der Waals surface area contributed by atoms with Crippen molar-refractivity contribution >= 4 is 35.0 Å². The Labute approximate surface area is 154 Å². The number of hydrogen-bond donors (Lipinski definition) is 0. The van der Waals surface area contributed by atoms with E-state index in [-0.39, 0.29) is 0 Å². The molecule has 0 saturated heterocycles.